The molecule has 2 N–H and O–H groups in total. The Morgan fingerprint density at radius 2 is 1.77 bits per heavy atom. The van der Waals surface area contributed by atoms with Crippen LogP contribution in [0.1, 0.15) is 34.6 Å². The molecule has 152 valence electrons. The maximum atomic E-state index is 11.7. The van der Waals surface area contributed by atoms with Crippen LogP contribution >= 0.6 is 0 Å². The minimum atomic E-state index is -0.423. The number of hydrogen-bond donors (Lipinski definition) is 2. The van der Waals surface area contributed by atoms with Crippen LogP contribution in [0.3, 0.4) is 0 Å². The first-order valence-corrected chi connectivity index (χ1v) is 9.04. The highest BCUT2D eigenvalue weighted by molar-refractivity contribution is 5.79. The third kappa shape index (κ3) is 8.92. The fraction of sp³-hybridized carbons (Fsp3) is 0.632. The molecule has 0 aromatic rings. The number of dihydropyridines is 1. The standard InChI is InChI=1S/C13H19N3O3.C2H6O.2C2H6/c1-4-19-13(17)10-7-11(16(2)15-10)9-5-6-12(18-3)14-8-9;1-3-2;2*1-2/h5-7,10,14-15H,4,8H2,1-3H3;1-2H3;2*1-2H3. The van der Waals surface area contributed by atoms with Crippen molar-refractivity contribution in [2.24, 2.45) is 0 Å². The SMILES string of the molecule is CC.CC.CCOC(=O)C1C=C(C2=CC=C(OC)NC2)N(C)N1.COC. The zero-order valence-electron chi connectivity index (χ0n) is 17.8. The molecule has 0 saturated carbocycles. The molecule has 2 aliphatic heterocycles. The molecule has 0 fully saturated rings. The van der Waals surface area contributed by atoms with Gasteiger partial charge >= 0.3 is 5.97 Å². The van der Waals surface area contributed by atoms with Gasteiger partial charge in [0.15, 0.2) is 5.88 Å². The van der Waals surface area contributed by atoms with E-state index >= 15 is 0 Å². The van der Waals surface area contributed by atoms with Crippen LogP contribution in [0.25, 0.3) is 0 Å². The molecule has 0 bridgehead atoms. The topological polar surface area (TPSA) is 72.1 Å². The first kappa shape index (κ1) is 26.2. The Labute approximate surface area is 159 Å². The van der Waals surface area contributed by atoms with Crippen molar-refractivity contribution in [2.45, 2.75) is 40.7 Å². The summed E-state index contributed by atoms with van der Waals surface area (Å²) < 4.78 is 14.4. The molecule has 0 aromatic heterocycles. The number of hydrazine groups is 1. The first-order valence-electron chi connectivity index (χ1n) is 9.04. The summed E-state index contributed by atoms with van der Waals surface area (Å²) >= 11 is 0. The number of rotatable bonds is 4. The Kier molecular flexibility index (Phi) is 16.6. The zero-order valence-corrected chi connectivity index (χ0v) is 17.8. The van der Waals surface area contributed by atoms with E-state index in [2.05, 4.69) is 15.5 Å². The van der Waals surface area contributed by atoms with E-state index in [1.165, 1.54) is 0 Å². The fourth-order valence-electron chi connectivity index (χ4n) is 2.05. The van der Waals surface area contributed by atoms with Gasteiger partial charge in [-0.2, -0.15) is 0 Å². The number of methoxy groups -OCH3 is 2. The summed E-state index contributed by atoms with van der Waals surface area (Å²) in [7, 11) is 6.75. The Bertz CT molecular complexity index is 473. The average Bonchev–Trinajstić information content (AvgIpc) is 3.08. The first-order chi connectivity index (χ1) is 12.6. The van der Waals surface area contributed by atoms with E-state index < -0.39 is 6.04 Å². The minimum Gasteiger partial charge on any atom is -0.483 e. The second kappa shape index (κ2) is 16.5. The van der Waals surface area contributed by atoms with Crippen molar-refractivity contribution in [2.75, 3.05) is 41.5 Å². The van der Waals surface area contributed by atoms with Gasteiger partial charge in [0.2, 0.25) is 0 Å². The van der Waals surface area contributed by atoms with Gasteiger partial charge in [-0.05, 0) is 30.7 Å². The van der Waals surface area contributed by atoms with Crippen LogP contribution in [0.4, 0.5) is 0 Å². The number of allylic oxidation sites excluding steroid dienone is 2. The van der Waals surface area contributed by atoms with Gasteiger partial charge in [-0.1, -0.05) is 27.7 Å². The van der Waals surface area contributed by atoms with E-state index in [4.69, 9.17) is 9.47 Å². The number of hydrogen-bond acceptors (Lipinski definition) is 7. The van der Waals surface area contributed by atoms with Gasteiger partial charge in [0.05, 0.1) is 19.4 Å². The summed E-state index contributed by atoms with van der Waals surface area (Å²) in [5.41, 5.74) is 5.11. The zero-order chi connectivity index (χ0) is 20.5. The quantitative estimate of drug-likeness (QED) is 0.736. The molecule has 0 amide bonds. The van der Waals surface area contributed by atoms with E-state index in [0.29, 0.717) is 13.2 Å². The van der Waals surface area contributed by atoms with Crippen molar-refractivity contribution in [1.29, 1.82) is 0 Å². The van der Waals surface area contributed by atoms with Crippen molar-refractivity contribution < 1.29 is 19.0 Å². The summed E-state index contributed by atoms with van der Waals surface area (Å²) in [5.74, 6) is 0.474. The summed E-state index contributed by atoms with van der Waals surface area (Å²) in [6.45, 7) is 10.8. The third-order valence-electron chi connectivity index (χ3n) is 3.00. The molecule has 0 spiro atoms. The number of carbonyl (C=O) groups excluding carboxylic acids is 1. The van der Waals surface area contributed by atoms with Crippen molar-refractivity contribution in [3.05, 3.63) is 35.4 Å². The molecule has 2 heterocycles. The summed E-state index contributed by atoms with van der Waals surface area (Å²) in [6, 6.07) is -0.423. The Morgan fingerprint density at radius 1 is 1.19 bits per heavy atom. The lowest BCUT2D eigenvalue weighted by atomic mass is 10.1. The van der Waals surface area contributed by atoms with E-state index in [1.807, 2.05) is 58.0 Å². The number of esters is 1. The van der Waals surface area contributed by atoms with Crippen LogP contribution in [-0.2, 0) is 19.0 Å². The predicted molar refractivity (Wildman–Crippen MR) is 106 cm³/mol. The van der Waals surface area contributed by atoms with Gasteiger partial charge < -0.3 is 24.5 Å². The molecule has 0 aliphatic carbocycles. The molecule has 7 nitrogen and oxygen atoms in total. The van der Waals surface area contributed by atoms with Crippen molar-refractivity contribution in [3.63, 3.8) is 0 Å². The fourth-order valence-corrected chi connectivity index (χ4v) is 2.05. The van der Waals surface area contributed by atoms with Gasteiger partial charge in [0.25, 0.3) is 0 Å². The number of carbonyl (C=O) groups is 1. The smallest absolute Gasteiger partial charge is 0.329 e. The molecule has 0 aromatic carbocycles. The third-order valence-corrected chi connectivity index (χ3v) is 3.00. The molecule has 1 atom stereocenters. The van der Waals surface area contributed by atoms with Gasteiger partial charge in [0, 0.05) is 27.8 Å². The summed E-state index contributed by atoms with van der Waals surface area (Å²) in [6.07, 6.45) is 5.72. The predicted octanol–water partition coefficient (Wildman–Crippen LogP) is 2.58. The van der Waals surface area contributed by atoms with E-state index in [9.17, 15) is 4.79 Å². The Balaban J connectivity index is 0. The van der Waals surface area contributed by atoms with Crippen LogP contribution in [0.2, 0.25) is 0 Å². The summed E-state index contributed by atoms with van der Waals surface area (Å²) in [4.78, 5) is 11.7. The lowest BCUT2D eigenvalue weighted by Gasteiger charge is -2.22. The molecule has 0 saturated heterocycles. The maximum absolute atomic E-state index is 11.7. The van der Waals surface area contributed by atoms with Crippen LogP contribution in [-0.4, -0.2) is 58.5 Å². The molecule has 2 aliphatic rings. The van der Waals surface area contributed by atoms with Crippen molar-refractivity contribution >= 4 is 5.97 Å². The number of likely N-dealkylation sites (N-methyl/N-ethyl adjacent to an activating group) is 1. The number of nitrogens with one attached hydrogen (secondary N) is 2. The summed E-state index contributed by atoms with van der Waals surface area (Å²) in [5, 5.41) is 4.98. The molecule has 2 rings (SSSR count). The van der Waals surface area contributed by atoms with E-state index in [-0.39, 0.29) is 5.97 Å². The van der Waals surface area contributed by atoms with Crippen LogP contribution < -0.4 is 10.7 Å². The molecular formula is C19H37N3O4. The second-order valence-electron chi connectivity index (χ2n) is 4.66. The maximum Gasteiger partial charge on any atom is 0.329 e. The van der Waals surface area contributed by atoms with Gasteiger partial charge in [-0.25, -0.2) is 10.2 Å². The number of nitrogens with zero attached hydrogens (tertiary/aromatic N) is 1. The van der Waals surface area contributed by atoms with Crippen LogP contribution in [0, 0.1) is 0 Å². The monoisotopic (exact) mass is 371 g/mol. The molecule has 1 unspecified atom stereocenters. The van der Waals surface area contributed by atoms with Crippen LogP contribution in [0.15, 0.2) is 35.4 Å². The largest absolute Gasteiger partial charge is 0.483 e. The molecule has 26 heavy (non-hydrogen) atoms. The normalized spacial score (nSPS) is 17.3. The van der Waals surface area contributed by atoms with E-state index in [1.54, 1.807) is 28.3 Å². The second-order valence-corrected chi connectivity index (χ2v) is 4.66. The van der Waals surface area contributed by atoms with Gasteiger partial charge in [0.1, 0.15) is 6.04 Å². The van der Waals surface area contributed by atoms with Crippen LogP contribution in [0.5, 0.6) is 0 Å². The highest BCUT2D eigenvalue weighted by Gasteiger charge is 2.28. The van der Waals surface area contributed by atoms with Crippen molar-refractivity contribution in [1.82, 2.24) is 15.8 Å². The van der Waals surface area contributed by atoms with Gasteiger partial charge in [-0.3, -0.25) is 0 Å². The lowest BCUT2D eigenvalue weighted by Crippen LogP contribution is -2.40. The Hall–Kier alpha value is -1.99. The van der Waals surface area contributed by atoms with Gasteiger partial charge in [-0.15, -0.1) is 0 Å². The highest BCUT2D eigenvalue weighted by Crippen LogP contribution is 2.21. The average molecular weight is 372 g/mol. The molecular weight excluding hydrogens is 334 g/mol. The highest BCUT2D eigenvalue weighted by atomic mass is 16.5. The number of ether oxygens (including phenoxy) is 3. The lowest BCUT2D eigenvalue weighted by molar-refractivity contribution is -0.144. The van der Waals surface area contributed by atoms with Crippen molar-refractivity contribution in [3.8, 4) is 0 Å². The Morgan fingerprint density at radius 3 is 2.19 bits per heavy atom. The molecule has 0 radical (unpaired) electrons. The van der Waals surface area contributed by atoms with E-state index in [0.717, 1.165) is 17.2 Å². The molecule has 7 heteroatoms. The minimum absolute atomic E-state index is 0.262.